The van der Waals surface area contributed by atoms with Gasteiger partial charge in [-0.05, 0) is 44.6 Å². The molecule has 1 nitrogen and oxygen atoms in total. The van der Waals surface area contributed by atoms with E-state index < -0.39 is 0 Å². The second-order valence-electron chi connectivity index (χ2n) is 5.14. The van der Waals surface area contributed by atoms with Gasteiger partial charge in [-0.15, -0.1) is 11.6 Å². The molecule has 3 atom stereocenters. The monoisotopic (exact) mass is 252 g/mol. The van der Waals surface area contributed by atoms with Crippen molar-refractivity contribution in [1.29, 1.82) is 0 Å². The van der Waals surface area contributed by atoms with Crippen molar-refractivity contribution in [2.24, 2.45) is 0 Å². The second-order valence-corrected chi connectivity index (χ2v) is 5.45. The van der Waals surface area contributed by atoms with Gasteiger partial charge in [-0.25, -0.2) is 0 Å². The molecule has 1 aromatic rings. The number of rotatable bonds is 4. The summed E-state index contributed by atoms with van der Waals surface area (Å²) in [7, 11) is 0. The van der Waals surface area contributed by atoms with Crippen molar-refractivity contribution in [1.82, 2.24) is 0 Å². The molecule has 0 bridgehead atoms. The Hall–Kier alpha value is -0.530. The molecule has 17 heavy (non-hydrogen) atoms. The molecule has 3 unspecified atom stereocenters. The van der Waals surface area contributed by atoms with Crippen molar-refractivity contribution in [2.45, 2.75) is 51.2 Å². The molecule has 2 heteroatoms. The molecule has 1 aliphatic rings. The Kier molecular flexibility index (Phi) is 4.47. The summed E-state index contributed by atoms with van der Waals surface area (Å²) >= 11 is 6.10. The number of benzene rings is 1. The van der Waals surface area contributed by atoms with E-state index in [1.54, 1.807) is 0 Å². The summed E-state index contributed by atoms with van der Waals surface area (Å²) in [5, 5.41) is 0. The van der Waals surface area contributed by atoms with Crippen molar-refractivity contribution in [3.63, 3.8) is 0 Å². The van der Waals surface area contributed by atoms with Crippen LogP contribution >= 0.6 is 11.6 Å². The average Bonchev–Trinajstić information content (AvgIpc) is 2.73. The van der Waals surface area contributed by atoms with Crippen LogP contribution in [0.1, 0.15) is 43.2 Å². The van der Waals surface area contributed by atoms with Crippen LogP contribution in [0.3, 0.4) is 0 Å². The fourth-order valence-corrected chi connectivity index (χ4v) is 2.81. The maximum absolute atomic E-state index is 6.10. The third-order valence-electron chi connectivity index (χ3n) is 3.60. The lowest BCUT2D eigenvalue weighted by molar-refractivity contribution is 0.0478. The van der Waals surface area contributed by atoms with Crippen LogP contribution in [0.15, 0.2) is 24.3 Å². The maximum atomic E-state index is 6.10. The standard InChI is InChI=1S/C15H21ClO/c1-11-3-6-13(7-4-11)14(10-16)9-15-8-5-12(2)17-15/h3-4,6-7,12,14-15H,5,8-10H2,1-2H3. The molecule has 2 rings (SSSR count). The molecular formula is C15H21ClO. The number of halogens is 1. The van der Waals surface area contributed by atoms with Crippen molar-refractivity contribution >= 4 is 11.6 Å². The van der Waals surface area contributed by atoms with Gasteiger partial charge in [0.2, 0.25) is 0 Å². The van der Waals surface area contributed by atoms with Gasteiger partial charge in [-0.3, -0.25) is 0 Å². The first-order chi connectivity index (χ1) is 8.19. The molecule has 0 aromatic heterocycles. The zero-order chi connectivity index (χ0) is 12.3. The first-order valence-corrected chi connectivity index (χ1v) is 7.00. The van der Waals surface area contributed by atoms with Crippen LogP contribution in [0, 0.1) is 6.92 Å². The molecule has 0 saturated carbocycles. The molecule has 1 fully saturated rings. The molecule has 0 radical (unpaired) electrons. The molecular weight excluding hydrogens is 232 g/mol. The SMILES string of the molecule is Cc1ccc(C(CCl)CC2CCC(C)O2)cc1. The van der Waals surface area contributed by atoms with Gasteiger partial charge in [0.05, 0.1) is 12.2 Å². The van der Waals surface area contributed by atoms with Crippen LogP contribution in [0.5, 0.6) is 0 Å². The van der Waals surface area contributed by atoms with E-state index in [4.69, 9.17) is 16.3 Å². The van der Waals surface area contributed by atoms with Crippen LogP contribution in [0.2, 0.25) is 0 Å². The molecule has 1 aliphatic heterocycles. The smallest absolute Gasteiger partial charge is 0.0586 e. The normalized spacial score (nSPS) is 26.1. The van der Waals surface area contributed by atoms with Gasteiger partial charge in [-0.1, -0.05) is 29.8 Å². The summed E-state index contributed by atoms with van der Waals surface area (Å²) in [6.07, 6.45) is 4.24. The van der Waals surface area contributed by atoms with E-state index in [0.717, 1.165) is 6.42 Å². The van der Waals surface area contributed by atoms with E-state index in [1.165, 1.54) is 24.0 Å². The lowest BCUT2D eigenvalue weighted by atomic mass is 9.93. The minimum atomic E-state index is 0.398. The first-order valence-electron chi connectivity index (χ1n) is 6.47. The Bertz CT molecular complexity index is 346. The van der Waals surface area contributed by atoms with Crippen molar-refractivity contribution < 1.29 is 4.74 Å². The molecule has 0 aliphatic carbocycles. The highest BCUT2D eigenvalue weighted by molar-refractivity contribution is 6.18. The quantitative estimate of drug-likeness (QED) is 0.727. The van der Waals surface area contributed by atoms with Crippen LogP contribution in [0.4, 0.5) is 0 Å². The van der Waals surface area contributed by atoms with Crippen LogP contribution in [0.25, 0.3) is 0 Å². The van der Waals surface area contributed by atoms with Crippen LogP contribution in [-0.4, -0.2) is 18.1 Å². The third-order valence-corrected chi connectivity index (χ3v) is 3.97. The lowest BCUT2D eigenvalue weighted by Crippen LogP contribution is -2.14. The van der Waals surface area contributed by atoms with Gasteiger partial charge in [0.25, 0.3) is 0 Å². The van der Waals surface area contributed by atoms with E-state index >= 15 is 0 Å². The summed E-state index contributed by atoms with van der Waals surface area (Å²) in [6.45, 7) is 4.27. The van der Waals surface area contributed by atoms with Gasteiger partial charge in [-0.2, -0.15) is 0 Å². The van der Waals surface area contributed by atoms with E-state index in [9.17, 15) is 0 Å². The van der Waals surface area contributed by atoms with E-state index in [-0.39, 0.29) is 0 Å². The Morgan fingerprint density at radius 2 is 2.00 bits per heavy atom. The largest absolute Gasteiger partial charge is 0.375 e. The molecule has 1 saturated heterocycles. The number of hydrogen-bond acceptors (Lipinski definition) is 1. The van der Waals surface area contributed by atoms with Crippen molar-refractivity contribution in [3.8, 4) is 0 Å². The Labute approximate surface area is 109 Å². The van der Waals surface area contributed by atoms with E-state index in [0.29, 0.717) is 24.0 Å². The zero-order valence-corrected chi connectivity index (χ0v) is 11.4. The zero-order valence-electron chi connectivity index (χ0n) is 10.7. The number of aryl methyl sites for hydroxylation is 1. The fraction of sp³-hybridized carbons (Fsp3) is 0.600. The summed E-state index contributed by atoms with van der Waals surface area (Å²) in [6, 6.07) is 8.71. The number of ether oxygens (including phenoxy) is 1. The highest BCUT2D eigenvalue weighted by atomic mass is 35.5. The minimum absolute atomic E-state index is 0.398. The maximum Gasteiger partial charge on any atom is 0.0586 e. The predicted octanol–water partition coefficient (Wildman–Crippen LogP) is 4.28. The van der Waals surface area contributed by atoms with Gasteiger partial charge in [0.1, 0.15) is 0 Å². The number of alkyl halides is 1. The lowest BCUT2D eigenvalue weighted by Gasteiger charge is -2.19. The average molecular weight is 253 g/mol. The van der Waals surface area contributed by atoms with Crippen molar-refractivity contribution in [2.75, 3.05) is 5.88 Å². The van der Waals surface area contributed by atoms with Crippen molar-refractivity contribution in [3.05, 3.63) is 35.4 Å². The first kappa shape index (κ1) is 12.9. The van der Waals surface area contributed by atoms with Gasteiger partial charge < -0.3 is 4.74 Å². The predicted molar refractivity (Wildman–Crippen MR) is 72.8 cm³/mol. The van der Waals surface area contributed by atoms with Crippen LogP contribution in [-0.2, 0) is 4.74 Å². The Morgan fingerprint density at radius 3 is 2.53 bits per heavy atom. The molecule has 1 heterocycles. The van der Waals surface area contributed by atoms with E-state index in [2.05, 4.69) is 38.1 Å². The molecule has 0 amide bonds. The van der Waals surface area contributed by atoms with Gasteiger partial charge in [0, 0.05) is 5.88 Å². The molecule has 1 aromatic carbocycles. The fourth-order valence-electron chi connectivity index (χ4n) is 2.50. The highest BCUT2D eigenvalue weighted by Gasteiger charge is 2.25. The molecule has 0 N–H and O–H groups in total. The summed E-state index contributed by atoms with van der Waals surface area (Å²) in [5.41, 5.74) is 2.64. The summed E-state index contributed by atoms with van der Waals surface area (Å²) in [5.74, 6) is 1.10. The Morgan fingerprint density at radius 1 is 1.29 bits per heavy atom. The third kappa shape index (κ3) is 3.46. The summed E-state index contributed by atoms with van der Waals surface area (Å²) in [4.78, 5) is 0. The summed E-state index contributed by atoms with van der Waals surface area (Å²) < 4.78 is 5.88. The minimum Gasteiger partial charge on any atom is -0.375 e. The number of hydrogen-bond donors (Lipinski definition) is 0. The van der Waals surface area contributed by atoms with E-state index in [1.807, 2.05) is 0 Å². The topological polar surface area (TPSA) is 9.23 Å². The molecule has 94 valence electrons. The van der Waals surface area contributed by atoms with Gasteiger partial charge in [0.15, 0.2) is 0 Å². The highest BCUT2D eigenvalue weighted by Crippen LogP contribution is 2.30. The second kappa shape index (κ2) is 5.88. The molecule has 0 spiro atoms. The Balaban J connectivity index is 1.98. The van der Waals surface area contributed by atoms with Gasteiger partial charge >= 0.3 is 0 Å². The van der Waals surface area contributed by atoms with Crippen LogP contribution < -0.4 is 0 Å².